The third kappa shape index (κ3) is 5.80. The van der Waals surface area contributed by atoms with E-state index in [1.54, 1.807) is 6.07 Å². The first-order valence-corrected chi connectivity index (χ1v) is 14.6. The topological polar surface area (TPSA) is 82.0 Å². The molecule has 1 aliphatic carbocycles. The monoisotopic (exact) mass is 543 g/mol. The van der Waals surface area contributed by atoms with Crippen molar-refractivity contribution in [2.24, 2.45) is 5.92 Å². The van der Waals surface area contributed by atoms with Gasteiger partial charge in [-0.05, 0) is 66.0 Å². The van der Waals surface area contributed by atoms with Crippen LogP contribution in [0.4, 0.5) is 10.7 Å². The molecule has 2 aromatic heterocycles. The van der Waals surface area contributed by atoms with E-state index in [-0.39, 0.29) is 11.8 Å². The summed E-state index contributed by atoms with van der Waals surface area (Å²) in [5.74, 6) is 0.253. The Kier molecular flexibility index (Phi) is 7.75. The first-order valence-electron chi connectivity index (χ1n) is 12.0. The molecule has 0 bridgehead atoms. The lowest BCUT2D eigenvalue weighted by Crippen LogP contribution is -2.19. The number of rotatable bonds is 7. The molecule has 0 saturated carbocycles. The maximum atomic E-state index is 13.7. The van der Waals surface area contributed by atoms with Crippen molar-refractivity contribution in [1.29, 1.82) is 5.26 Å². The number of fused-ring (bicyclic) bond motifs is 1. The summed E-state index contributed by atoms with van der Waals surface area (Å²) in [5, 5.41) is 17.9. The van der Waals surface area contributed by atoms with Crippen LogP contribution in [-0.4, -0.2) is 11.8 Å². The van der Waals surface area contributed by atoms with Gasteiger partial charge in [-0.3, -0.25) is 9.59 Å². The van der Waals surface area contributed by atoms with Gasteiger partial charge in [-0.15, -0.1) is 34.4 Å². The lowest BCUT2D eigenvalue weighted by Gasteiger charge is -2.17. The smallest absolute Gasteiger partial charge is 0.265 e. The Morgan fingerprint density at radius 3 is 2.68 bits per heavy atom. The lowest BCUT2D eigenvalue weighted by molar-refractivity contribution is -0.115. The molecule has 5 nitrogen and oxygen atoms in total. The highest BCUT2D eigenvalue weighted by Gasteiger charge is 2.28. The highest BCUT2D eigenvalue weighted by Crippen LogP contribution is 2.42. The van der Waals surface area contributed by atoms with E-state index in [4.69, 9.17) is 0 Å². The van der Waals surface area contributed by atoms with E-state index >= 15 is 0 Å². The van der Waals surface area contributed by atoms with E-state index in [9.17, 15) is 14.9 Å². The number of amides is 2. The number of carbonyl (C=O) groups excluding carboxylic acids is 2. The van der Waals surface area contributed by atoms with E-state index < -0.39 is 5.25 Å². The molecule has 2 aromatic carbocycles. The molecule has 8 heteroatoms. The number of thioether (sulfide) groups is 1. The number of hydrogen-bond acceptors (Lipinski definition) is 6. The summed E-state index contributed by atoms with van der Waals surface area (Å²) >= 11 is 4.34. The fraction of sp³-hybridized carbons (Fsp3) is 0.207. The molecule has 0 fully saturated rings. The van der Waals surface area contributed by atoms with Gasteiger partial charge in [0.1, 0.15) is 16.3 Å². The van der Waals surface area contributed by atoms with Gasteiger partial charge in [0.2, 0.25) is 5.91 Å². The number of nitrogens with zero attached hydrogens (tertiary/aromatic N) is 1. The minimum absolute atomic E-state index is 0.158. The molecule has 2 heterocycles. The molecular weight excluding hydrogens is 519 g/mol. The summed E-state index contributed by atoms with van der Waals surface area (Å²) in [6.45, 7) is 2.23. The molecule has 0 spiro atoms. The normalized spacial score (nSPS) is 15.3. The fourth-order valence-corrected chi connectivity index (χ4v) is 7.49. The van der Waals surface area contributed by atoms with Crippen molar-refractivity contribution in [3.8, 4) is 6.07 Å². The minimum atomic E-state index is -0.533. The van der Waals surface area contributed by atoms with Crippen LogP contribution in [0.5, 0.6) is 0 Å². The molecule has 0 saturated heterocycles. The van der Waals surface area contributed by atoms with E-state index in [0.717, 1.165) is 35.3 Å². The molecule has 37 heavy (non-hydrogen) atoms. The number of hydrogen-bond donors (Lipinski definition) is 2. The van der Waals surface area contributed by atoms with Gasteiger partial charge >= 0.3 is 0 Å². The van der Waals surface area contributed by atoms with Gasteiger partial charge in [0.15, 0.2) is 0 Å². The Morgan fingerprint density at radius 2 is 1.92 bits per heavy atom. The van der Waals surface area contributed by atoms with E-state index in [2.05, 4.69) is 23.6 Å². The zero-order chi connectivity index (χ0) is 25.8. The van der Waals surface area contributed by atoms with E-state index in [1.807, 2.05) is 66.0 Å². The van der Waals surface area contributed by atoms with E-state index in [1.165, 1.54) is 39.3 Å². The first-order chi connectivity index (χ1) is 18.0. The zero-order valence-corrected chi connectivity index (χ0v) is 22.6. The highest BCUT2D eigenvalue weighted by molar-refractivity contribution is 8.00. The van der Waals surface area contributed by atoms with Gasteiger partial charge in [0.05, 0.1) is 10.4 Å². The molecule has 1 aliphatic rings. The number of nitriles is 1. The Hall–Kier alpha value is -3.38. The summed E-state index contributed by atoms with van der Waals surface area (Å²) in [4.78, 5) is 28.9. The van der Waals surface area contributed by atoms with Crippen LogP contribution in [0.3, 0.4) is 0 Å². The van der Waals surface area contributed by atoms with Gasteiger partial charge in [0.25, 0.3) is 5.91 Å². The maximum Gasteiger partial charge on any atom is 0.265 e. The van der Waals surface area contributed by atoms with Crippen molar-refractivity contribution in [2.75, 3.05) is 10.6 Å². The van der Waals surface area contributed by atoms with Crippen LogP contribution in [0.15, 0.2) is 77.0 Å². The molecule has 186 valence electrons. The molecular formula is C29H25N3O2S3. The second kappa shape index (κ2) is 11.3. The van der Waals surface area contributed by atoms with Crippen LogP contribution in [0.2, 0.25) is 0 Å². The number of carbonyl (C=O) groups is 2. The van der Waals surface area contributed by atoms with Crippen molar-refractivity contribution in [1.82, 2.24) is 0 Å². The molecule has 4 aromatic rings. The molecule has 2 N–H and O–H groups in total. The molecule has 0 radical (unpaired) electrons. The predicted octanol–water partition coefficient (Wildman–Crippen LogP) is 7.53. The van der Waals surface area contributed by atoms with Crippen LogP contribution < -0.4 is 10.6 Å². The van der Waals surface area contributed by atoms with Gasteiger partial charge in [-0.1, -0.05) is 49.4 Å². The van der Waals surface area contributed by atoms with Crippen LogP contribution in [0.1, 0.15) is 49.8 Å². The van der Waals surface area contributed by atoms with Crippen molar-refractivity contribution in [2.45, 2.75) is 36.3 Å². The Bertz CT molecular complexity index is 1460. The zero-order valence-electron chi connectivity index (χ0n) is 20.2. The number of anilines is 2. The quantitative estimate of drug-likeness (QED) is 0.236. The molecule has 2 amide bonds. The van der Waals surface area contributed by atoms with Gasteiger partial charge in [0, 0.05) is 15.5 Å². The second-order valence-electron chi connectivity index (χ2n) is 9.02. The van der Waals surface area contributed by atoms with Crippen molar-refractivity contribution < 1.29 is 9.59 Å². The third-order valence-electron chi connectivity index (χ3n) is 6.29. The third-order valence-corrected chi connectivity index (χ3v) is 9.58. The summed E-state index contributed by atoms with van der Waals surface area (Å²) in [6.07, 6.45) is 2.89. The molecule has 0 aliphatic heterocycles. The van der Waals surface area contributed by atoms with Crippen LogP contribution >= 0.6 is 34.4 Å². The molecule has 2 atom stereocenters. The second-order valence-corrected chi connectivity index (χ2v) is 12.3. The van der Waals surface area contributed by atoms with Crippen LogP contribution in [0, 0.1) is 17.2 Å². The summed E-state index contributed by atoms with van der Waals surface area (Å²) in [6, 6.07) is 23.1. The molecule has 5 rings (SSSR count). The summed E-state index contributed by atoms with van der Waals surface area (Å²) in [5.41, 5.74) is 3.24. The van der Waals surface area contributed by atoms with Crippen molar-refractivity contribution >= 4 is 56.9 Å². The molecule has 2 unspecified atom stereocenters. The Morgan fingerprint density at radius 1 is 1.08 bits per heavy atom. The van der Waals surface area contributed by atoms with Crippen molar-refractivity contribution in [3.05, 3.63) is 98.6 Å². The lowest BCUT2D eigenvalue weighted by atomic mass is 9.88. The SMILES string of the molecule is CC1CCc2c(sc(NC(=O)C(Sc3cccc(NC(=O)c4cccs4)c3)c3ccccc3)c2C#N)C1. The first kappa shape index (κ1) is 25.3. The van der Waals surface area contributed by atoms with Crippen molar-refractivity contribution in [3.63, 3.8) is 0 Å². The average molecular weight is 544 g/mol. The van der Waals surface area contributed by atoms with Gasteiger partial charge in [-0.2, -0.15) is 5.26 Å². The maximum absolute atomic E-state index is 13.7. The van der Waals surface area contributed by atoms with Crippen LogP contribution in [-0.2, 0) is 17.6 Å². The van der Waals surface area contributed by atoms with Gasteiger partial charge in [-0.25, -0.2) is 0 Å². The Labute approximate surface area is 228 Å². The number of nitrogens with one attached hydrogen (secondary N) is 2. The predicted molar refractivity (Wildman–Crippen MR) is 153 cm³/mol. The summed E-state index contributed by atoms with van der Waals surface area (Å²) < 4.78 is 0. The fourth-order valence-electron chi connectivity index (χ4n) is 4.42. The summed E-state index contributed by atoms with van der Waals surface area (Å²) in [7, 11) is 0. The number of thiophene rings is 2. The Balaban J connectivity index is 1.39. The van der Waals surface area contributed by atoms with Gasteiger partial charge < -0.3 is 10.6 Å². The standard InChI is InChI=1S/C29H25N3O2S3/c1-18-12-13-22-23(17-30)29(37-25(22)15-18)32-28(34)26(19-7-3-2-4-8-19)36-21-10-5-9-20(16-21)31-27(33)24-11-6-14-35-24/h2-11,14,16,18,26H,12-13,15H2,1H3,(H,31,33)(H,32,34). The minimum Gasteiger partial charge on any atom is -0.321 e. The largest absolute Gasteiger partial charge is 0.321 e. The van der Waals surface area contributed by atoms with Crippen LogP contribution in [0.25, 0.3) is 0 Å². The highest BCUT2D eigenvalue weighted by atomic mass is 32.2. The van der Waals surface area contributed by atoms with E-state index in [0.29, 0.717) is 27.0 Å². The average Bonchev–Trinajstić information content (AvgIpc) is 3.56. The number of benzene rings is 2.